The molecule has 0 unspecified atom stereocenters. The maximum absolute atomic E-state index is 10.0. The summed E-state index contributed by atoms with van der Waals surface area (Å²) in [5.41, 5.74) is 26.2. The number of aliphatic hydroxyl groups excluding tert-OH is 2. The van der Waals surface area contributed by atoms with Gasteiger partial charge in [-0.15, -0.1) is 153 Å². The number of fused-ring (bicyclic) bond motifs is 10. The van der Waals surface area contributed by atoms with Gasteiger partial charge in [-0.2, -0.15) is 0 Å². The topological polar surface area (TPSA) is 180 Å². The minimum Gasteiger partial charge on any atom is -0.657 e. The summed E-state index contributed by atoms with van der Waals surface area (Å²) >= 11 is 1.73. The first kappa shape index (κ1) is 97.6. The Morgan fingerprint density at radius 1 is 0.386 bits per heavy atom. The predicted molar refractivity (Wildman–Crippen MR) is 452 cm³/mol. The molecule has 10 heterocycles. The molecule has 114 heavy (non-hydrogen) atoms. The summed E-state index contributed by atoms with van der Waals surface area (Å²) in [6.07, 6.45) is 17.2. The minimum atomic E-state index is -0.125. The molecule has 0 saturated heterocycles. The number of ketones is 2. The van der Waals surface area contributed by atoms with E-state index >= 15 is 0 Å². The van der Waals surface area contributed by atoms with Gasteiger partial charge in [-0.05, 0) is 163 Å². The number of nitrogens with zero attached hydrogens (tertiary/aromatic N) is 8. The Balaban J connectivity index is 0.000000308. The van der Waals surface area contributed by atoms with Crippen LogP contribution >= 0.6 is 11.3 Å². The minimum absolute atomic E-state index is 0. The molecule has 4 radical (unpaired) electrons. The number of carbonyl (C=O) groups excluding carboxylic acids is 2. The van der Waals surface area contributed by atoms with Crippen LogP contribution in [0.3, 0.4) is 0 Å². The number of aliphatic hydroxyl groups is 2. The van der Waals surface area contributed by atoms with E-state index in [2.05, 4.69) is 154 Å². The number of pyridine rings is 4. The van der Waals surface area contributed by atoms with Crippen LogP contribution in [0.1, 0.15) is 154 Å². The molecule has 2 aliphatic rings. The Morgan fingerprint density at radius 3 is 1.06 bits per heavy atom. The van der Waals surface area contributed by atoms with Gasteiger partial charge in [0.1, 0.15) is 0 Å². The number of carbonyl (C=O) groups is 2. The van der Waals surface area contributed by atoms with Gasteiger partial charge in [-0.3, -0.25) is 9.59 Å². The van der Waals surface area contributed by atoms with Crippen LogP contribution in [0.15, 0.2) is 255 Å². The van der Waals surface area contributed by atoms with Gasteiger partial charge in [0, 0.05) is 123 Å². The fourth-order valence-electron chi connectivity index (χ4n) is 13.1. The summed E-state index contributed by atoms with van der Waals surface area (Å²) in [6.45, 7) is 23.6. The molecule has 15 rings (SSSR count). The first-order valence-electron chi connectivity index (χ1n) is 37.3. The summed E-state index contributed by atoms with van der Waals surface area (Å²) in [6, 6.07) is 81.7. The SMILES string of the molecule is CC(=O)C=C(C)O.CC(=O)C=C(C)O.CCC1=C(CC)c2cc3[n-]c(cc4nc(cc5[n-]c(cc1n2)c(CC)c5CC)C(CC)=C4CC)c(CC)c3CC.[Ir].[Ir].[Ir].[Ir].[Pt+2].[c-]1c(-c2ccccn2)sc2ccccc12.[c-]1ccccc1-c1ccccn1.[c-]1ccccc1-c1ccccn1.[c-]1ccccc1-c1nccc2ccccc12. The molecule has 5 aromatic carbocycles. The third kappa shape index (κ3) is 27.2. The van der Waals surface area contributed by atoms with Crippen molar-refractivity contribution in [2.24, 2.45) is 0 Å². The zero-order valence-corrected chi connectivity index (χ0v) is 78.8. The number of rotatable bonds is 14. The van der Waals surface area contributed by atoms with Gasteiger partial charge in [-0.25, -0.2) is 21.3 Å². The Kier molecular flexibility index (Phi) is 43.3. The number of hydrogen-bond donors (Lipinski definition) is 2. The molecule has 8 aromatic heterocycles. The molecule has 0 spiro atoms. The van der Waals surface area contributed by atoms with Crippen LogP contribution in [0.25, 0.3) is 110 Å². The normalized spacial score (nSPS) is 11.1. The van der Waals surface area contributed by atoms with E-state index in [0.717, 1.165) is 141 Å². The van der Waals surface area contributed by atoms with Crippen molar-refractivity contribution < 1.29 is 121 Å². The Labute approximate surface area is 745 Å². The average Bonchev–Trinajstić information content (AvgIpc) is 1.61. The Bertz CT molecular complexity index is 5020. The van der Waals surface area contributed by atoms with E-state index in [9.17, 15) is 9.59 Å². The second-order valence-electron chi connectivity index (χ2n) is 25.5. The molecule has 2 N–H and O–H groups in total. The molecule has 0 saturated carbocycles. The molecule has 0 amide bonds. The van der Waals surface area contributed by atoms with E-state index in [1.165, 1.54) is 105 Å². The van der Waals surface area contributed by atoms with Gasteiger partial charge in [0.2, 0.25) is 0 Å². The Morgan fingerprint density at radius 2 is 0.737 bits per heavy atom. The van der Waals surface area contributed by atoms with Crippen LogP contribution in [0.4, 0.5) is 0 Å². The van der Waals surface area contributed by atoms with E-state index in [1.54, 1.807) is 23.7 Å². The first-order chi connectivity index (χ1) is 53.0. The van der Waals surface area contributed by atoms with E-state index < -0.39 is 0 Å². The van der Waals surface area contributed by atoms with Crippen molar-refractivity contribution in [3.05, 3.63) is 324 Å². The Hall–Kier alpha value is -8.77. The standard InChI is InChI=1S/C36H44N4.C15H10N.C13H8NS.2C11H8N.2C5H8O2.4Ir.Pt/c1-9-21-22(10-2)30-18-32-25(13-5)26(14-6)34(39-32)20-36-28(16-8)27(15-7)35(40-36)19-33-24(12-4)23(11-3)31(38-33)17-29(21)37-30;1-2-7-13(8-3-1)15-14-9-5-4-6-12(14)10-11-16-15;1-2-7-12-10(5-1)9-13(15-12)11-6-3-4-8-14-11;2*1-2-6-10(7-3-1)11-8-4-5-9-12-11;2*1-4(6)3-5(2)7;;;;;/h17-20H,9-16H2,1-8H3;1-7,9-11H;1-8H;2*1-6,8-9H;2*3,6H,1-2H3;;;;;/q-2;4*-1;;;;;;;+2. The summed E-state index contributed by atoms with van der Waals surface area (Å²) in [4.78, 5) is 59.4. The molecule has 598 valence electrons. The van der Waals surface area contributed by atoms with Gasteiger partial charge in [0.25, 0.3) is 0 Å². The van der Waals surface area contributed by atoms with Gasteiger partial charge in [0.05, 0.1) is 34.3 Å². The largest absolute Gasteiger partial charge is 2.00 e. The van der Waals surface area contributed by atoms with E-state index in [4.69, 9.17) is 30.1 Å². The maximum Gasteiger partial charge on any atom is 2.00 e. The maximum atomic E-state index is 10.0. The van der Waals surface area contributed by atoms with Crippen LogP contribution in [-0.2, 0) is 137 Å². The number of benzene rings is 5. The van der Waals surface area contributed by atoms with Crippen molar-refractivity contribution >= 4 is 88.1 Å². The van der Waals surface area contributed by atoms with Gasteiger partial charge < -0.3 is 40.1 Å². The smallest absolute Gasteiger partial charge is 0.657 e. The number of aromatic nitrogens is 8. The molecule has 13 aromatic rings. The van der Waals surface area contributed by atoms with Crippen molar-refractivity contribution in [3.8, 4) is 44.3 Å². The molecule has 0 fully saturated rings. The number of thiophene rings is 1. The van der Waals surface area contributed by atoms with Gasteiger partial charge >= 0.3 is 21.1 Å². The number of allylic oxidation sites excluding steroid dienone is 8. The number of hydrogen-bond acceptors (Lipinski definition) is 11. The second kappa shape index (κ2) is 50.5. The van der Waals surface area contributed by atoms with Crippen molar-refractivity contribution in [2.75, 3.05) is 0 Å². The third-order valence-corrected chi connectivity index (χ3v) is 18.9. The van der Waals surface area contributed by atoms with Crippen LogP contribution in [0.2, 0.25) is 0 Å². The van der Waals surface area contributed by atoms with Crippen molar-refractivity contribution in [2.45, 2.75) is 134 Å². The van der Waals surface area contributed by atoms with Crippen LogP contribution in [-0.4, -0.2) is 51.7 Å². The predicted octanol–water partition coefficient (Wildman–Crippen LogP) is 23.9. The third-order valence-electron chi connectivity index (χ3n) is 17.8. The fraction of sp³-hybridized carbons (Fsp3) is 0.208. The molecular weight excluding hydrogens is 2330 g/mol. The molecule has 0 atom stereocenters. The van der Waals surface area contributed by atoms with Crippen molar-refractivity contribution in [1.82, 2.24) is 39.9 Å². The number of aryl methyl sites for hydroxylation is 4. The van der Waals surface area contributed by atoms with E-state index in [0.29, 0.717) is 0 Å². The quantitative estimate of drug-likeness (QED) is 0.0598. The zero-order valence-electron chi connectivity index (χ0n) is 66.1. The van der Waals surface area contributed by atoms with E-state index in [-0.39, 0.29) is 125 Å². The molecule has 12 nitrogen and oxygen atoms in total. The molecule has 0 aliphatic carbocycles. The molecule has 2 aliphatic heterocycles. The van der Waals surface area contributed by atoms with Crippen LogP contribution in [0, 0.1) is 24.3 Å². The van der Waals surface area contributed by atoms with Crippen LogP contribution in [0.5, 0.6) is 0 Å². The summed E-state index contributed by atoms with van der Waals surface area (Å²) in [5.74, 6) is -0.125. The monoisotopic (exact) mass is 2420 g/mol. The summed E-state index contributed by atoms with van der Waals surface area (Å²) < 4.78 is 1.26. The van der Waals surface area contributed by atoms with Crippen LogP contribution < -0.4 is 9.97 Å². The first-order valence-corrected chi connectivity index (χ1v) is 38.1. The average molecular weight is 2420 g/mol. The zero-order chi connectivity index (χ0) is 77.6. The van der Waals surface area contributed by atoms with Crippen molar-refractivity contribution in [3.63, 3.8) is 0 Å². The van der Waals surface area contributed by atoms with Gasteiger partial charge in [0.15, 0.2) is 11.6 Å². The van der Waals surface area contributed by atoms with Gasteiger partial charge in [-0.1, -0.05) is 175 Å². The second-order valence-corrected chi connectivity index (χ2v) is 26.5. The summed E-state index contributed by atoms with van der Waals surface area (Å²) in [5, 5.41) is 20.3. The summed E-state index contributed by atoms with van der Waals surface area (Å²) in [7, 11) is 0. The fourth-order valence-corrected chi connectivity index (χ4v) is 14.0. The van der Waals surface area contributed by atoms with Crippen molar-refractivity contribution in [1.29, 1.82) is 0 Å². The molecule has 18 heteroatoms. The molecule has 8 bridgehead atoms. The van der Waals surface area contributed by atoms with E-state index in [1.807, 2.05) is 164 Å². The molecular formula is C96H94Ir4N8O4PtS-4.